The Morgan fingerprint density at radius 1 is 1.10 bits per heavy atom. The molecule has 108 valence electrons. The smallest absolute Gasteiger partial charge is 0.420 e. The number of nitrogens with zero attached hydrogens (tertiary/aromatic N) is 1. The van der Waals surface area contributed by atoms with Gasteiger partial charge in [0.25, 0.3) is 0 Å². The highest BCUT2D eigenvalue weighted by Gasteiger charge is 2.37. The maximum Gasteiger partial charge on any atom is 0.420 e. The van der Waals surface area contributed by atoms with Crippen LogP contribution in [0.5, 0.6) is 11.5 Å². The fourth-order valence-corrected chi connectivity index (χ4v) is 1.85. The van der Waals surface area contributed by atoms with E-state index in [2.05, 4.69) is 5.16 Å². The summed E-state index contributed by atoms with van der Waals surface area (Å²) in [4.78, 5) is 0. The van der Waals surface area contributed by atoms with Gasteiger partial charge in [-0.25, -0.2) is 0 Å². The van der Waals surface area contributed by atoms with Crippen LogP contribution >= 0.6 is 0 Å². The lowest BCUT2D eigenvalue weighted by Gasteiger charge is -2.17. The van der Waals surface area contributed by atoms with Crippen molar-refractivity contribution in [1.29, 1.82) is 0 Å². The first-order valence-corrected chi connectivity index (χ1v) is 5.42. The summed E-state index contributed by atoms with van der Waals surface area (Å²) in [7, 11) is 2.37. The van der Waals surface area contributed by atoms with Gasteiger partial charge in [0.2, 0.25) is 5.88 Å². The Kier molecular flexibility index (Phi) is 3.47. The molecule has 0 saturated carbocycles. The van der Waals surface area contributed by atoms with E-state index in [1.54, 1.807) is 0 Å². The fraction of sp³-hybridized carbons (Fsp3) is 0.250. The van der Waals surface area contributed by atoms with Gasteiger partial charge in [-0.05, 0) is 12.1 Å². The molecule has 1 heterocycles. The van der Waals surface area contributed by atoms with E-state index in [4.69, 9.17) is 19.7 Å². The Bertz CT molecular complexity index is 623. The number of nitrogens with two attached hydrogens (primary N) is 1. The SMILES string of the molecule is COc1c(-c2cnoc2N)ccc(C(F)(F)F)c1OC. The van der Waals surface area contributed by atoms with Gasteiger partial charge < -0.3 is 19.7 Å². The van der Waals surface area contributed by atoms with Crippen LogP contribution < -0.4 is 15.2 Å². The maximum atomic E-state index is 12.9. The van der Waals surface area contributed by atoms with Crippen molar-refractivity contribution in [2.45, 2.75) is 6.18 Å². The fourth-order valence-electron chi connectivity index (χ4n) is 1.85. The van der Waals surface area contributed by atoms with Gasteiger partial charge in [-0.2, -0.15) is 13.2 Å². The first kappa shape index (κ1) is 14.0. The van der Waals surface area contributed by atoms with Crippen LogP contribution in [0.25, 0.3) is 11.1 Å². The molecular formula is C12H11F3N2O3. The molecule has 0 bridgehead atoms. The van der Waals surface area contributed by atoms with Crippen molar-refractivity contribution < 1.29 is 27.2 Å². The Morgan fingerprint density at radius 2 is 1.75 bits per heavy atom. The van der Waals surface area contributed by atoms with Crippen molar-refractivity contribution in [2.24, 2.45) is 0 Å². The quantitative estimate of drug-likeness (QED) is 0.940. The van der Waals surface area contributed by atoms with Crippen LogP contribution in [-0.4, -0.2) is 19.4 Å². The maximum absolute atomic E-state index is 12.9. The standard InChI is InChI=1S/C12H11F3N2O3/c1-18-9-6(7-5-17-20-11(7)16)3-4-8(10(9)19-2)12(13,14)15/h3-5H,16H2,1-2H3. The molecule has 0 amide bonds. The molecule has 0 radical (unpaired) electrons. The van der Waals surface area contributed by atoms with E-state index in [0.717, 1.165) is 13.2 Å². The van der Waals surface area contributed by atoms with Crippen molar-refractivity contribution in [3.8, 4) is 22.6 Å². The van der Waals surface area contributed by atoms with Crippen molar-refractivity contribution in [1.82, 2.24) is 5.16 Å². The van der Waals surface area contributed by atoms with E-state index in [1.807, 2.05) is 0 Å². The molecule has 2 N–H and O–H groups in total. The van der Waals surface area contributed by atoms with Crippen LogP contribution in [0.2, 0.25) is 0 Å². The minimum atomic E-state index is -4.56. The largest absolute Gasteiger partial charge is 0.492 e. The predicted molar refractivity (Wildman–Crippen MR) is 64.5 cm³/mol. The van der Waals surface area contributed by atoms with E-state index < -0.39 is 17.5 Å². The molecule has 2 rings (SSSR count). The van der Waals surface area contributed by atoms with Gasteiger partial charge in [0.05, 0.1) is 26.0 Å². The molecule has 0 fully saturated rings. The zero-order chi connectivity index (χ0) is 14.9. The number of anilines is 1. The molecule has 2 aromatic rings. The van der Waals surface area contributed by atoms with Gasteiger partial charge in [0.1, 0.15) is 5.56 Å². The van der Waals surface area contributed by atoms with Crippen LogP contribution in [0, 0.1) is 0 Å². The minimum absolute atomic E-state index is 0.0230. The summed E-state index contributed by atoms with van der Waals surface area (Å²) >= 11 is 0. The normalized spacial score (nSPS) is 11.4. The summed E-state index contributed by atoms with van der Waals surface area (Å²) in [6, 6.07) is 2.12. The van der Waals surface area contributed by atoms with E-state index in [1.165, 1.54) is 19.4 Å². The summed E-state index contributed by atoms with van der Waals surface area (Å²) in [5.41, 5.74) is 5.26. The van der Waals surface area contributed by atoms with Crippen LogP contribution in [-0.2, 0) is 6.18 Å². The Balaban J connectivity index is 2.71. The summed E-state index contributed by atoms with van der Waals surface area (Å²) in [5, 5.41) is 3.48. The van der Waals surface area contributed by atoms with Gasteiger partial charge >= 0.3 is 6.18 Å². The summed E-state index contributed by atoms with van der Waals surface area (Å²) < 4.78 is 53.3. The highest BCUT2D eigenvalue weighted by atomic mass is 19.4. The lowest BCUT2D eigenvalue weighted by molar-refractivity contribution is -0.138. The lowest BCUT2D eigenvalue weighted by Crippen LogP contribution is -2.09. The minimum Gasteiger partial charge on any atom is -0.492 e. The van der Waals surface area contributed by atoms with Crippen LogP contribution in [0.1, 0.15) is 5.56 Å². The highest BCUT2D eigenvalue weighted by molar-refractivity contribution is 5.80. The molecule has 5 nitrogen and oxygen atoms in total. The molecule has 0 spiro atoms. The van der Waals surface area contributed by atoms with E-state index in [9.17, 15) is 13.2 Å². The Labute approximate surface area is 112 Å². The number of methoxy groups -OCH3 is 2. The van der Waals surface area contributed by atoms with Gasteiger partial charge in [-0.3, -0.25) is 0 Å². The van der Waals surface area contributed by atoms with E-state index >= 15 is 0 Å². The number of halogens is 3. The molecular weight excluding hydrogens is 277 g/mol. The van der Waals surface area contributed by atoms with E-state index in [-0.39, 0.29) is 11.6 Å². The van der Waals surface area contributed by atoms with Gasteiger partial charge in [0, 0.05) is 5.56 Å². The molecule has 0 atom stereocenters. The molecule has 20 heavy (non-hydrogen) atoms. The molecule has 1 aromatic carbocycles. The first-order chi connectivity index (χ1) is 9.40. The molecule has 0 aliphatic carbocycles. The monoisotopic (exact) mass is 288 g/mol. The topological polar surface area (TPSA) is 70.5 Å². The van der Waals surface area contributed by atoms with Gasteiger partial charge in [-0.15, -0.1) is 0 Å². The van der Waals surface area contributed by atoms with Crippen LogP contribution in [0.15, 0.2) is 22.9 Å². The number of benzene rings is 1. The molecule has 0 unspecified atom stereocenters. The van der Waals surface area contributed by atoms with Crippen LogP contribution in [0.4, 0.5) is 19.1 Å². The third-order valence-electron chi connectivity index (χ3n) is 2.71. The summed E-state index contributed by atoms with van der Waals surface area (Å²) in [6.45, 7) is 0. The first-order valence-electron chi connectivity index (χ1n) is 5.42. The zero-order valence-electron chi connectivity index (χ0n) is 10.6. The Morgan fingerprint density at radius 3 is 2.20 bits per heavy atom. The number of nitrogen functional groups attached to an aromatic ring is 1. The highest BCUT2D eigenvalue weighted by Crippen LogP contribution is 2.47. The number of hydrogen-bond acceptors (Lipinski definition) is 5. The average Bonchev–Trinajstić information content (AvgIpc) is 2.81. The van der Waals surface area contributed by atoms with Crippen molar-refractivity contribution in [3.63, 3.8) is 0 Å². The van der Waals surface area contributed by atoms with Gasteiger partial charge in [0.15, 0.2) is 11.5 Å². The number of aromatic nitrogens is 1. The van der Waals surface area contributed by atoms with Gasteiger partial charge in [-0.1, -0.05) is 5.16 Å². The Hall–Kier alpha value is -2.38. The number of ether oxygens (including phenoxy) is 2. The average molecular weight is 288 g/mol. The second-order valence-corrected chi connectivity index (χ2v) is 3.83. The molecule has 1 aromatic heterocycles. The van der Waals surface area contributed by atoms with Crippen LogP contribution in [0.3, 0.4) is 0 Å². The summed E-state index contributed by atoms with van der Waals surface area (Å²) in [6.07, 6.45) is -3.27. The molecule has 0 saturated heterocycles. The zero-order valence-corrected chi connectivity index (χ0v) is 10.6. The van der Waals surface area contributed by atoms with E-state index in [0.29, 0.717) is 11.1 Å². The number of rotatable bonds is 3. The third-order valence-corrected chi connectivity index (χ3v) is 2.71. The number of alkyl halides is 3. The molecule has 0 aliphatic heterocycles. The van der Waals surface area contributed by atoms with Crippen molar-refractivity contribution in [3.05, 3.63) is 23.9 Å². The predicted octanol–water partition coefficient (Wildman–Crippen LogP) is 2.96. The number of hydrogen-bond donors (Lipinski definition) is 1. The second-order valence-electron chi connectivity index (χ2n) is 3.83. The van der Waals surface area contributed by atoms with Crippen molar-refractivity contribution >= 4 is 5.88 Å². The molecule has 0 aliphatic rings. The second kappa shape index (κ2) is 4.95. The lowest BCUT2D eigenvalue weighted by atomic mass is 10.0. The van der Waals surface area contributed by atoms with Crippen molar-refractivity contribution in [2.75, 3.05) is 20.0 Å². The third kappa shape index (κ3) is 2.24. The molecule has 8 heteroatoms. The summed E-state index contributed by atoms with van der Waals surface area (Å²) in [5.74, 6) is -0.527.